The van der Waals surface area contributed by atoms with E-state index in [9.17, 15) is 9.59 Å². The fourth-order valence-electron chi connectivity index (χ4n) is 2.81. The Labute approximate surface area is 144 Å². The average molecular weight is 332 g/mol. The van der Waals surface area contributed by atoms with Crippen molar-refractivity contribution in [3.8, 4) is 0 Å². The Balaban J connectivity index is 1.63. The van der Waals surface area contributed by atoms with E-state index in [1.54, 1.807) is 31.3 Å². The normalized spacial score (nSPS) is 15.8. The summed E-state index contributed by atoms with van der Waals surface area (Å²) in [6.45, 7) is 6.35. The van der Waals surface area contributed by atoms with E-state index in [-0.39, 0.29) is 11.9 Å². The zero-order valence-corrected chi connectivity index (χ0v) is 14.6. The smallest absolute Gasteiger partial charge is 0.319 e. The van der Waals surface area contributed by atoms with Gasteiger partial charge in [-0.2, -0.15) is 0 Å². The molecule has 6 nitrogen and oxygen atoms in total. The van der Waals surface area contributed by atoms with Crippen molar-refractivity contribution < 1.29 is 9.59 Å². The fourth-order valence-corrected chi connectivity index (χ4v) is 2.81. The lowest BCUT2D eigenvalue weighted by Crippen LogP contribution is -2.36. The fraction of sp³-hybridized carbons (Fsp3) is 0.556. The lowest BCUT2D eigenvalue weighted by Gasteiger charge is -2.30. The largest absolute Gasteiger partial charge is 0.355 e. The van der Waals surface area contributed by atoms with Gasteiger partial charge in [0.2, 0.25) is 0 Å². The van der Waals surface area contributed by atoms with Crippen molar-refractivity contribution in [2.45, 2.75) is 26.2 Å². The number of urea groups is 1. The van der Waals surface area contributed by atoms with Crippen molar-refractivity contribution in [3.63, 3.8) is 0 Å². The van der Waals surface area contributed by atoms with Crippen LogP contribution in [0.3, 0.4) is 0 Å². The number of carbonyl (C=O) groups excluding carboxylic acids is 2. The van der Waals surface area contributed by atoms with E-state index in [2.05, 4.69) is 27.8 Å². The molecule has 0 aromatic heterocycles. The van der Waals surface area contributed by atoms with Gasteiger partial charge in [0.05, 0.1) is 0 Å². The van der Waals surface area contributed by atoms with Crippen LogP contribution in [0.2, 0.25) is 0 Å². The Morgan fingerprint density at radius 1 is 1.17 bits per heavy atom. The van der Waals surface area contributed by atoms with Gasteiger partial charge in [0.15, 0.2) is 0 Å². The summed E-state index contributed by atoms with van der Waals surface area (Å²) in [6, 6.07) is 6.60. The number of hydrogen-bond acceptors (Lipinski definition) is 3. The Kier molecular flexibility index (Phi) is 7.06. The molecule has 0 aliphatic carbocycles. The van der Waals surface area contributed by atoms with Crippen LogP contribution in [0.15, 0.2) is 24.3 Å². The van der Waals surface area contributed by atoms with Gasteiger partial charge in [-0.1, -0.05) is 6.92 Å². The summed E-state index contributed by atoms with van der Waals surface area (Å²) in [6.07, 6.45) is 3.51. The zero-order valence-electron chi connectivity index (χ0n) is 14.6. The van der Waals surface area contributed by atoms with Gasteiger partial charge < -0.3 is 20.9 Å². The number of anilines is 1. The van der Waals surface area contributed by atoms with Crippen molar-refractivity contribution in [1.29, 1.82) is 0 Å². The van der Waals surface area contributed by atoms with Gasteiger partial charge in [-0.3, -0.25) is 4.79 Å². The van der Waals surface area contributed by atoms with E-state index in [0.717, 1.165) is 18.9 Å². The van der Waals surface area contributed by atoms with Crippen LogP contribution in [0, 0.1) is 5.92 Å². The zero-order chi connectivity index (χ0) is 17.4. The maximum Gasteiger partial charge on any atom is 0.319 e. The van der Waals surface area contributed by atoms with Gasteiger partial charge >= 0.3 is 6.03 Å². The van der Waals surface area contributed by atoms with Crippen LogP contribution >= 0.6 is 0 Å². The number of nitrogens with one attached hydrogen (secondary N) is 3. The standard InChI is InChI=1S/C18H28N4O2/c1-14-8-12-22(13-9-14)11-3-10-20-18(24)21-16-6-4-15(5-7-16)17(23)19-2/h4-7,14H,3,8-13H2,1-2H3,(H,19,23)(H2,20,21,24). The van der Waals surface area contributed by atoms with Crippen LogP contribution < -0.4 is 16.0 Å². The summed E-state index contributed by atoms with van der Waals surface area (Å²) in [5.41, 5.74) is 1.24. The Hall–Kier alpha value is -2.08. The number of hydrogen-bond donors (Lipinski definition) is 3. The Morgan fingerprint density at radius 3 is 2.46 bits per heavy atom. The number of amides is 3. The molecule has 3 amide bonds. The molecule has 1 aromatic carbocycles. The Bertz CT molecular complexity index is 536. The molecule has 132 valence electrons. The van der Waals surface area contributed by atoms with E-state index in [4.69, 9.17) is 0 Å². The van der Waals surface area contributed by atoms with Crippen LogP contribution in [-0.2, 0) is 0 Å². The van der Waals surface area contributed by atoms with Crippen molar-refractivity contribution >= 4 is 17.6 Å². The van der Waals surface area contributed by atoms with Crippen molar-refractivity contribution in [2.24, 2.45) is 5.92 Å². The maximum atomic E-state index is 11.9. The quantitative estimate of drug-likeness (QED) is 0.700. The highest BCUT2D eigenvalue weighted by Gasteiger charge is 2.14. The molecule has 1 aliphatic rings. The monoisotopic (exact) mass is 332 g/mol. The predicted molar refractivity (Wildman–Crippen MR) is 96.3 cm³/mol. The van der Waals surface area contributed by atoms with Crippen LogP contribution in [0.4, 0.5) is 10.5 Å². The molecular formula is C18H28N4O2. The molecule has 24 heavy (non-hydrogen) atoms. The summed E-state index contributed by atoms with van der Waals surface area (Å²) in [7, 11) is 1.59. The van der Waals surface area contributed by atoms with Crippen LogP contribution in [0.5, 0.6) is 0 Å². The first-order valence-corrected chi connectivity index (χ1v) is 8.68. The van der Waals surface area contributed by atoms with Crippen molar-refractivity contribution in [1.82, 2.24) is 15.5 Å². The molecule has 1 saturated heterocycles. The molecule has 0 radical (unpaired) electrons. The molecular weight excluding hydrogens is 304 g/mol. The van der Waals surface area contributed by atoms with Gasteiger partial charge in [0, 0.05) is 24.8 Å². The van der Waals surface area contributed by atoms with Gasteiger partial charge in [-0.25, -0.2) is 4.79 Å². The maximum absolute atomic E-state index is 11.9. The van der Waals surface area contributed by atoms with Crippen molar-refractivity contribution in [2.75, 3.05) is 38.5 Å². The second-order valence-corrected chi connectivity index (χ2v) is 6.42. The minimum atomic E-state index is -0.213. The summed E-state index contributed by atoms with van der Waals surface area (Å²) in [4.78, 5) is 25.8. The molecule has 1 heterocycles. The summed E-state index contributed by atoms with van der Waals surface area (Å²) in [5, 5.41) is 8.21. The molecule has 2 rings (SSSR count). The summed E-state index contributed by atoms with van der Waals surface area (Å²) in [5.74, 6) is 0.707. The number of rotatable bonds is 6. The molecule has 1 fully saturated rings. The van der Waals surface area contributed by atoms with Gasteiger partial charge in [-0.15, -0.1) is 0 Å². The number of piperidine rings is 1. The molecule has 0 atom stereocenters. The van der Waals surface area contributed by atoms with E-state index < -0.39 is 0 Å². The SMILES string of the molecule is CNC(=O)c1ccc(NC(=O)NCCCN2CCC(C)CC2)cc1. The van der Waals surface area contributed by atoms with Gasteiger partial charge in [0.25, 0.3) is 5.91 Å². The number of nitrogens with zero attached hydrogens (tertiary/aromatic N) is 1. The highest BCUT2D eigenvalue weighted by Crippen LogP contribution is 2.15. The summed E-state index contributed by atoms with van der Waals surface area (Å²) >= 11 is 0. The van der Waals surface area contributed by atoms with E-state index in [1.165, 1.54) is 25.9 Å². The Morgan fingerprint density at radius 2 is 1.83 bits per heavy atom. The number of benzene rings is 1. The molecule has 3 N–H and O–H groups in total. The van der Waals surface area contributed by atoms with Gasteiger partial charge in [0.1, 0.15) is 0 Å². The van der Waals surface area contributed by atoms with Gasteiger partial charge in [-0.05, 0) is 69.1 Å². The number of likely N-dealkylation sites (tertiary alicyclic amines) is 1. The molecule has 6 heteroatoms. The second kappa shape index (κ2) is 9.27. The predicted octanol–water partition coefficient (Wildman–Crippen LogP) is 2.29. The summed E-state index contributed by atoms with van der Waals surface area (Å²) < 4.78 is 0. The lowest BCUT2D eigenvalue weighted by molar-refractivity contribution is 0.0963. The minimum absolute atomic E-state index is 0.141. The topological polar surface area (TPSA) is 73.5 Å². The third kappa shape index (κ3) is 5.85. The molecule has 1 aromatic rings. The molecule has 1 aliphatic heterocycles. The van der Waals surface area contributed by atoms with Crippen molar-refractivity contribution in [3.05, 3.63) is 29.8 Å². The highest BCUT2D eigenvalue weighted by molar-refractivity contribution is 5.95. The number of carbonyl (C=O) groups is 2. The average Bonchev–Trinajstić information content (AvgIpc) is 2.60. The first-order valence-electron chi connectivity index (χ1n) is 8.68. The van der Waals surface area contributed by atoms with E-state index in [0.29, 0.717) is 17.8 Å². The molecule has 0 spiro atoms. The molecule has 0 saturated carbocycles. The van der Waals surface area contributed by atoms with Crippen LogP contribution in [0.25, 0.3) is 0 Å². The minimum Gasteiger partial charge on any atom is -0.355 e. The van der Waals surface area contributed by atoms with E-state index >= 15 is 0 Å². The van der Waals surface area contributed by atoms with E-state index in [1.807, 2.05) is 0 Å². The van der Waals surface area contributed by atoms with Crippen LogP contribution in [0.1, 0.15) is 36.5 Å². The third-order valence-corrected chi connectivity index (χ3v) is 4.44. The first-order chi connectivity index (χ1) is 11.6. The second-order valence-electron chi connectivity index (χ2n) is 6.42. The first kappa shape index (κ1) is 18.3. The lowest BCUT2D eigenvalue weighted by atomic mass is 9.99. The third-order valence-electron chi connectivity index (χ3n) is 4.44. The molecule has 0 bridgehead atoms. The van der Waals surface area contributed by atoms with Crippen LogP contribution in [-0.4, -0.2) is 50.1 Å². The highest BCUT2D eigenvalue weighted by atomic mass is 16.2. The molecule has 0 unspecified atom stereocenters.